The van der Waals surface area contributed by atoms with Crippen LogP contribution in [0.25, 0.3) is 66.2 Å². The minimum absolute atomic E-state index is 0.558. The van der Waals surface area contributed by atoms with Crippen LogP contribution in [0.1, 0.15) is 13.3 Å². The maximum Gasteiger partial charge on any atom is 0.0462 e. The zero-order chi connectivity index (χ0) is 47.1. The number of hydrogen-bond donors (Lipinski definition) is 0. The first kappa shape index (κ1) is 44.1. The molecule has 336 valence electrons. The van der Waals surface area contributed by atoms with Crippen molar-refractivity contribution in [1.29, 1.82) is 0 Å². The summed E-state index contributed by atoms with van der Waals surface area (Å²) in [7, 11) is -0.558. The van der Waals surface area contributed by atoms with Gasteiger partial charge in [-0.05, 0) is 153 Å². The minimum atomic E-state index is -0.558. The van der Waals surface area contributed by atoms with Crippen LogP contribution in [0.15, 0.2) is 279 Å². The van der Waals surface area contributed by atoms with Crippen LogP contribution in [0, 0.1) is 0 Å². The van der Waals surface area contributed by atoms with E-state index in [9.17, 15) is 0 Å². The van der Waals surface area contributed by atoms with Gasteiger partial charge >= 0.3 is 0 Å². The van der Waals surface area contributed by atoms with Gasteiger partial charge in [-0.15, -0.1) is 7.53 Å². The summed E-state index contributed by atoms with van der Waals surface area (Å²) >= 11 is 0. The van der Waals surface area contributed by atoms with E-state index in [0.717, 1.165) is 46.7 Å². The monoisotopic (exact) mass is 916 g/mol. The lowest BCUT2D eigenvalue weighted by Gasteiger charge is -2.26. The second-order valence-electron chi connectivity index (χ2n) is 17.7. The van der Waals surface area contributed by atoms with Gasteiger partial charge in [-0.25, -0.2) is 0 Å². The maximum atomic E-state index is 2.39. The zero-order valence-corrected chi connectivity index (χ0v) is 40.2. The van der Waals surface area contributed by atoms with Gasteiger partial charge in [-0.1, -0.05) is 201 Å². The zero-order valence-electron chi connectivity index (χ0n) is 39.3. The lowest BCUT2D eigenvalue weighted by Crippen LogP contribution is -2.09. The normalized spacial score (nSPS) is 11.0. The molecule has 0 radical (unpaired) electrons. The molecule has 0 atom stereocenters. The molecule has 0 bridgehead atoms. The van der Waals surface area contributed by atoms with Crippen molar-refractivity contribution in [2.75, 3.05) is 9.80 Å². The molecular weight excluding hydrogens is 864 g/mol. The summed E-state index contributed by atoms with van der Waals surface area (Å²) in [5.74, 6) is 0. The van der Waals surface area contributed by atoms with Crippen molar-refractivity contribution in [3.8, 4) is 66.2 Å². The van der Waals surface area contributed by atoms with E-state index in [1.54, 1.807) is 0 Å². The third-order valence-corrected chi connectivity index (χ3v) is 16.1. The van der Waals surface area contributed by atoms with Crippen LogP contribution in [0.2, 0.25) is 0 Å². The van der Waals surface area contributed by atoms with Crippen molar-refractivity contribution in [2.45, 2.75) is 19.5 Å². The van der Waals surface area contributed by atoms with Crippen molar-refractivity contribution >= 4 is 41.7 Å². The van der Waals surface area contributed by atoms with Gasteiger partial charge in [0.25, 0.3) is 0 Å². The van der Waals surface area contributed by atoms with Gasteiger partial charge in [-0.2, -0.15) is 0 Å². The second kappa shape index (κ2) is 20.4. The van der Waals surface area contributed by atoms with Crippen LogP contribution in [-0.2, 0) is 6.16 Å². The molecule has 11 aromatic rings. The van der Waals surface area contributed by atoms with Crippen molar-refractivity contribution in [3.63, 3.8) is 0 Å². The Kier molecular flexibility index (Phi) is 12.9. The van der Waals surface area contributed by atoms with Crippen LogP contribution in [0.4, 0.5) is 34.1 Å². The van der Waals surface area contributed by atoms with E-state index in [1.165, 1.54) is 66.2 Å². The molecule has 1 aromatic heterocycles. The molecule has 0 aliphatic rings. The van der Waals surface area contributed by atoms with Crippen molar-refractivity contribution in [2.24, 2.45) is 0 Å². The van der Waals surface area contributed by atoms with Gasteiger partial charge in [0.2, 0.25) is 0 Å². The Hall–Kier alpha value is -8.42. The Bertz CT molecular complexity index is 3010. The van der Waals surface area contributed by atoms with Crippen LogP contribution in [0.3, 0.4) is 0 Å². The molecule has 0 aliphatic carbocycles. The van der Waals surface area contributed by atoms with Gasteiger partial charge in [0.05, 0.1) is 0 Å². The quantitative estimate of drug-likeness (QED) is 0.107. The predicted octanol–water partition coefficient (Wildman–Crippen LogP) is 20.0. The molecule has 2 nitrogen and oxygen atoms in total. The van der Waals surface area contributed by atoms with E-state index < -0.39 is 7.53 Å². The van der Waals surface area contributed by atoms with E-state index in [1.807, 2.05) is 0 Å². The minimum Gasteiger partial charge on any atom is -0.311 e. The summed E-state index contributed by atoms with van der Waals surface area (Å²) in [5, 5.41) is 2.87. The lowest BCUT2D eigenvalue weighted by molar-refractivity contribution is 1.03. The van der Waals surface area contributed by atoms with E-state index in [4.69, 9.17) is 0 Å². The molecule has 3 heteroatoms. The Labute approximate surface area is 414 Å². The summed E-state index contributed by atoms with van der Waals surface area (Å²) in [6.45, 7) is 2.32. The van der Waals surface area contributed by atoms with E-state index in [-0.39, 0.29) is 0 Å². The Morgan fingerprint density at radius 2 is 0.429 bits per heavy atom. The SMILES string of the molecule is CCCp1c(-c2ccc(N(c3ccc(-c4ccccc4)cc3)c3ccc(-c4ccccc4)cc3)cc2)ccc1-c1ccc(N(c2ccc(-c3ccccc3)cc2)c2ccc(-c3ccccc3)cc2)cc1. The van der Waals surface area contributed by atoms with Crippen LogP contribution < -0.4 is 9.80 Å². The van der Waals surface area contributed by atoms with Crippen LogP contribution in [-0.4, -0.2) is 0 Å². The fourth-order valence-corrected chi connectivity index (χ4v) is 12.2. The fraction of sp³-hybridized carbons (Fsp3) is 0.0448. The number of anilines is 6. The van der Waals surface area contributed by atoms with Gasteiger partial charge in [-0.3, -0.25) is 0 Å². The molecule has 11 rings (SSSR count). The first-order chi connectivity index (χ1) is 34.7. The molecule has 0 saturated heterocycles. The first-order valence-electron chi connectivity index (χ1n) is 24.3. The van der Waals surface area contributed by atoms with Crippen molar-refractivity contribution in [3.05, 3.63) is 279 Å². The van der Waals surface area contributed by atoms with Gasteiger partial charge < -0.3 is 9.80 Å². The Morgan fingerprint density at radius 3 is 0.643 bits per heavy atom. The van der Waals surface area contributed by atoms with Gasteiger partial charge in [0, 0.05) is 44.7 Å². The standard InChI is InChI=1S/C67H53N2P/c1-2-49-70-66(58-31-43-64(44-32-58)68(60-35-23-54(24-36-60)50-15-7-3-8-16-50)61-37-25-55(26-38-61)51-17-9-4-10-18-51)47-48-67(70)59-33-45-65(46-34-59)69(62-39-27-56(28-40-62)52-19-11-5-12-20-52)63-41-29-57(30-42-63)53-21-13-6-14-22-53/h3-48H,2,49H2,1H3. The highest BCUT2D eigenvalue weighted by molar-refractivity contribution is 7.55. The average Bonchev–Trinajstić information content (AvgIpc) is 3.86. The number of nitrogens with zero attached hydrogens (tertiary/aromatic N) is 2. The second-order valence-corrected chi connectivity index (χ2v) is 19.9. The predicted molar refractivity (Wildman–Crippen MR) is 301 cm³/mol. The smallest absolute Gasteiger partial charge is 0.0462 e. The molecule has 0 fully saturated rings. The first-order valence-corrected chi connectivity index (χ1v) is 25.8. The average molecular weight is 917 g/mol. The van der Waals surface area contributed by atoms with Gasteiger partial charge in [0.1, 0.15) is 0 Å². The van der Waals surface area contributed by atoms with E-state index in [2.05, 4.69) is 296 Å². The molecule has 0 unspecified atom stereocenters. The Balaban J connectivity index is 0.904. The highest BCUT2D eigenvalue weighted by Crippen LogP contribution is 2.53. The molecule has 1 heterocycles. The summed E-state index contributed by atoms with van der Waals surface area (Å²) in [4.78, 5) is 4.74. The molecule has 0 saturated carbocycles. The summed E-state index contributed by atoms with van der Waals surface area (Å²) in [5.41, 5.74) is 19.0. The van der Waals surface area contributed by atoms with Gasteiger partial charge in [0.15, 0.2) is 0 Å². The van der Waals surface area contributed by atoms with Crippen LogP contribution >= 0.6 is 7.53 Å². The highest BCUT2D eigenvalue weighted by Gasteiger charge is 2.18. The largest absolute Gasteiger partial charge is 0.311 e. The highest BCUT2D eigenvalue weighted by atomic mass is 31.1. The fourth-order valence-electron chi connectivity index (χ4n) is 9.63. The summed E-state index contributed by atoms with van der Waals surface area (Å²) < 4.78 is 0. The van der Waals surface area contributed by atoms with E-state index >= 15 is 0 Å². The summed E-state index contributed by atoms with van der Waals surface area (Å²) in [6.07, 6.45) is 2.26. The molecular formula is C67H53N2P. The Morgan fingerprint density at radius 1 is 0.229 bits per heavy atom. The number of benzene rings is 10. The molecule has 70 heavy (non-hydrogen) atoms. The molecule has 0 aliphatic heterocycles. The third kappa shape index (κ3) is 9.39. The van der Waals surface area contributed by atoms with Crippen molar-refractivity contribution < 1.29 is 0 Å². The molecule has 10 aromatic carbocycles. The molecule has 0 amide bonds. The van der Waals surface area contributed by atoms with Crippen molar-refractivity contribution in [1.82, 2.24) is 0 Å². The summed E-state index contributed by atoms with van der Waals surface area (Å²) in [6, 6.07) is 101. The topological polar surface area (TPSA) is 6.48 Å². The molecule has 0 spiro atoms. The third-order valence-electron chi connectivity index (χ3n) is 13.2. The van der Waals surface area contributed by atoms with E-state index in [0.29, 0.717) is 0 Å². The number of hydrogen-bond acceptors (Lipinski definition) is 2. The maximum absolute atomic E-state index is 2.39. The number of rotatable bonds is 14. The molecule has 0 N–H and O–H groups in total. The van der Waals surface area contributed by atoms with Crippen LogP contribution in [0.5, 0.6) is 0 Å². The lowest BCUT2D eigenvalue weighted by atomic mass is 10.0.